The standard InChI is InChI=1S/C16H11NO5/c18-14(11-3-1-2-4-12(11)15(19)20)17-10-6-5-9-8-22-16(21)13(9)7-10/h1-7H,8H2,(H,17,18)(H,19,20)/p-1. The van der Waals surface area contributed by atoms with Crippen LogP contribution in [0.15, 0.2) is 42.5 Å². The molecule has 0 aliphatic carbocycles. The number of amides is 1. The van der Waals surface area contributed by atoms with Crippen LogP contribution < -0.4 is 10.4 Å². The van der Waals surface area contributed by atoms with Crippen molar-refractivity contribution in [3.8, 4) is 0 Å². The van der Waals surface area contributed by atoms with Crippen molar-refractivity contribution >= 4 is 23.5 Å². The summed E-state index contributed by atoms with van der Waals surface area (Å²) in [4.78, 5) is 34.7. The van der Waals surface area contributed by atoms with E-state index in [-0.39, 0.29) is 17.7 Å². The van der Waals surface area contributed by atoms with Crippen LogP contribution in [0.4, 0.5) is 5.69 Å². The second-order valence-electron chi connectivity index (χ2n) is 4.74. The molecule has 110 valence electrons. The van der Waals surface area contributed by atoms with Gasteiger partial charge in [0.25, 0.3) is 5.91 Å². The summed E-state index contributed by atoms with van der Waals surface area (Å²) in [5.74, 6) is -2.46. The van der Waals surface area contributed by atoms with Gasteiger partial charge in [-0.2, -0.15) is 0 Å². The number of carbonyl (C=O) groups excluding carboxylic acids is 3. The maximum absolute atomic E-state index is 12.2. The Morgan fingerprint density at radius 3 is 2.55 bits per heavy atom. The molecule has 22 heavy (non-hydrogen) atoms. The number of rotatable bonds is 3. The second-order valence-corrected chi connectivity index (χ2v) is 4.74. The van der Waals surface area contributed by atoms with Crippen LogP contribution >= 0.6 is 0 Å². The first-order chi connectivity index (χ1) is 10.6. The minimum Gasteiger partial charge on any atom is -0.545 e. The molecule has 1 aliphatic heterocycles. The van der Waals surface area contributed by atoms with Gasteiger partial charge >= 0.3 is 5.97 Å². The zero-order chi connectivity index (χ0) is 15.7. The zero-order valence-electron chi connectivity index (χ0n) is 11.3. The molecule has 0 radical (unpaired) electrons. The van der Waals surface area contributed by atoms with E-state index in [1.165, 1.54) is 24.3 Å². The highest BCUT2D eigenvalue weighted by atomic mass is 16.5. The molecule has 2 aromatic carbocycles. The Morgan fingerprint density at radius 1 is 1.09 bits per heavy atom. The van der Waals surface area contributed by atoms with Gasteiger partial charge in [-0.25, -0.2) is 4.79 Å². The molecule has 1 N–H and O–H groups in total. The van der Waals surface area contributed by atoms with Crippen molar-refractivity contribution in [1.82, 2.24) is 0 Å². The average Bonchev–Trinajstić information content (AvgIpc) is 2.88. The summed E-state index contributed by atoms with van der Waals surface area (Å²) >= 11 is 0. The Kier molecular flexibility index (Phi) is 3.34. The highest BCUT2D eigenvalue weighted by Crippen LogP contribution is 2.23. The van der Waals surface area contributed by atoms with Gasteiger partial charge in [0.1, 0.15) is 6.61 Å². The van der Waals surface area contributed by atoms with Gasteiger partial charge in [0.15, 0.2) is 0 Å². The maximum Gasteiger partial charge on any atom is 0.338 e. The SMILES string of the molecule is O=C1OCc2ccc(NC(=O)c3ccccc3C(=O)[O-])cc21. The first-order valence-electron chi connectivity index (χ1n) is 6.48. The van der Waals surface area contributed by atoms with Crippen molar-refractivity contribution in [2.24, 2.45) is 0 Å². The van der Waals surface area contributed by atoms with Crippen LogP contribution in [0.25, 0.3) is 0 Å². The van der Waals surface area contributed by atoms with Gasteiger partial charge < -0.3 is 20.0 Å². The molecule has 1 amide bonds. The normalized spacial score (nSPS) is 12.5. The fourth-order valence-corrected chi connectivity index (χ4v) is 2.25. The number of anilines is 1. The third-order valence-corrected chi connectivity index (χ3v) is 3.34. The van der Waals surface area contributed by atoms with E-state index in [0.29, 0.717) is 11.3 Å². The van der Waals surface area contributed by atoms with E-state index in [0.717, 1.165) is 5.56 Å². The molecule has 0 spiro atoms. The molecule has 6 nitrogen and oxygen atoms in total. The number of cyclic esters (lactones) is 1. The first kappa shape index (κ1) is 13.8. The highest BCUT2D eigenvalue weighted by Gasteiger charge is 2.21. The van der Waals surface area contributed by atoms with Gasteiger partial charge in [-0.15, -0.1) is 0 Å². The lowest BCUT2D eigenvalue weighted by Crippen LogP contribution is -2.26. The summed E-state index contributed by atoms with van der Waals surface area (Å²) in [7, 11) is 0. The summed E-state index contributed by atoms with van der Waals surface area (Å²) in [6, 6.07) is 10.6. The van der Waals surface area contributed by atoms with E-state index in [1.807, 2.05) is 0 Å². The lowest BCUT2D eigenvalue weighted by Gasteiger charge is -2.11. The number of esters is 1. The van der Waals surface area contributed by atoms with E-state index in [4.69, 9.17) is 4.74 Å². The number of carboxylic acids is 1. The summed E-state index contributed by atoms with van der Waals surface area (Å²) < 4.78 is 4.88. The number of benzene rings is 2. The predicted molar refractivity (Wildman–Crippen MR) is 74.3 cm³/mol. The monoisotopic (exact) mass is 296 g/mol. The van der Waals surface area contributed by atoms with E-state index in [1.54, 1.807) is 18.2 Å². The van der Waals surface area contributed by atoms with Gasteiger partial charge in [-0.05, 0) is 18.2 Å². The third kappa shape index (κ3) is 2.42. The maximum atomic E-state index is 12.2. The Hall–Kier alpha value is -3.15. The number of fused-ring (bicyclic) bond motifs is 1. The zero-order valence-corrected chi connectivity index (χ0v) is 11.3. The van der Waals surface area contributed by atoms with Crippen LogP contribution in [0, 0.1) is 0 Å². The van der Waals surface area contributed by atoms with E-state index < -0.39 is 17.8 Å². The number of ether oxygens (including phenoxy) is 1. The number of hydrogen-bond acceptors (Lipinski definition) is 5. The van der Waals surface area contributed by atoms with E-state index in [9.17, 15) is 19.5 Å². The molecule has 3 rings (SSSR count). The van der Waals surface area contributed by atoms with Crippen LogP contribution in [-0.2, 0) is 11.3 Å². The van der Waals surface area contributed by atoms with Gasteiger partial charge in [0, 0.05) is 22.4 Å². The van der Waals surface area contributed by atoms with Crippen LogP contribution in [0.3, 0.4) is 0 Å². The number of aromatic carboxylic acids is 1. The molecule has 2 aromatic rings. The smallest absolute Gasteiger partial charge is 0.338 e. The van der Waals surface area contributed by atoms with Crippen LogP contribution in [0.5, 0.6) is 0 Å². The molecule has 0 aromatic heterocycles. The van der Waals surface area contributed by atoms with Crippen molar-refractivity contribution in [2.45, 2.75) is 6.61 Å². The van der Waals surface area contributed by atoms with Crippen molar-refractivity contribution < 1.29 is 24.2 Å². The fraction of sp³-hybridized carbons (Fsp3) is 0.0625. The van der Waals surface area contributed by atoms with E-state index in [2.05, 4.69) is 5.32 Å². The van der Waals surface area contributed by atoms with Crippen LogP contribution in [0.2, 0.25) is 0 Å². The lowest BCUT2D eigenvalue weighted by atomic mass is 10.1. The first-order valence-corrected chi connectivity index (χ1v) is 6.48. The molecule has 0 saturated heterocycles. The van der Waals surface area contributed by atoms with Crippen LogP contribution in [0.1, 0.15) is 36.6 Å². The molecule has 0 unspecified atom stereocenters. The quantitative estimate of drug-likeness (QED) is 0.852. The van der Waals surface area contributed by atoms with Gasteiger partial charge in [0.05, 0.1) is 11.5 Å². The Bertz CT molecular complexity index is 797. The minimum absolute atomic E-state index is 0.00873. The number of carbonyl (C=O) groups is 3. The summed E-state index contributed by atoms with van der Waals surface area (Å²) in [5.41, 5.74) is 1.33. The van der Waals surface area contributed by atoms with Crippen molar-refractivity contribution in [2.75, 3.05) is 5.32 Å². The molecular weight excluding hydrogens is 286 g/mol. The van der Waals surface area contributed by atoms with E-state index >= 15 is 0 Å². The summed E-state index contributed by atoms with van der Waals surface area (Å²) in [5, 5.41) is 13.6. The fourth-order valence-electron chi connectivity index (χ4n) is 2.25. The van der Waals surface area contributed by atoms with Crippen molar-refractivity contribution in [3.63, 3.8) is 0 Å². The molecule has 1 aliphatic rings. The van der Waals surface area contributed by atoms with Crippen molar-refractivity contribution in [3.05, 3.63) is 64.7 Å². The van der Waals surface area contributed by atoms with Gasteiger partial charge in [0.2, 0.25) is 0 Å². The molecule has 0 bridgehead atoms. The Morgan fingerprint density at radius 2 is 1.82 bits per heavy atom. The Labute approximate surface area is 125 Å². The van der Waals surface area contributed by atoms with Gasteiger partial charge in [-0.3, -0.25) is 4.79 Å². The molecule has 0 fully saturated rings. The molecular formula is C16H10NO5-. The molecule has 0 saturated carbocycles. The average molecular weight is 296 g/mol. The predicted octanol–water partition coefficient (Wildman–Crippen LogP) is 0.973. The molecule has 1 heterocycles. The van der Waals surface area contributed by atoms with Crippen LogP contribution in [-0.4, -0.2) is 17.8 Å². The topological polar surface area (TPSA) is 95.5 Å². The number of hydrogen-bond donors (Lipinski definition) is 1. The molecule has 0 atom stereocenters. The lowest BCUT2D eigenvalue weighted by molar-refractivity contribution is -0.255. The minimum atomic E-state index is -1.43. The summed E-state index contributed by atoms with van der Waals surface area (Å²) in [6.45, 7) is 0.218. The largest absolute Gasteiger partial charge is 0.545 e. The second kappa shape index (κ2) is 5.33. The summed E-state index contributed by atoms with van der Waals surface area (Å²) in [6.07, 6.45) is 0. The number of carboxylic acid groups (broad SMARTS) is 1. The Balaban J connectivity index is 1.88. The highest BCUT2D eigenvalue weighted by molar-refractivity contribution is 6.10. The van der Waals surface area contributed by atoms with Crippen molar-refractivity contribution in [1.29, 1.82) is 0 Å². The number of nitrogens with one attached hydrogen (secondary N) is 1. The van der Waals surface area contributed by atoms with Gasteiger partial charge in [-0.1, -0.05) is 24.3 Å². The third-order valence-electron chi connectivity index (χ3n) is 3.34. The molecule has 6 heteroatoms.